The molecule has 34 heavy (non-hydrogen) atoms. The molecule has 2 aliphatic rings. The predicted molar refractivity (Wildman–Crippen MR) is 108 cm³/mol. The SMILES string of the molecule is O=C(O)CCCCCCC(=O)OC[C@H]1O[C@@H](O[C@H]2[C@H](O)[C@@H](O)[C@H](O)O[C@@H]2CO)[C@H](O)[C@@H](O)[C@@H]1O. The molecular weight excluding hydrogens is 464 g/mol. The summed E-state index contributed by atoms with van der Waals surface area (Å²) < 4.78 is 20.9. The fraction of sp³-hybridized carbons (Fsp3) is 0.900. The molecule has 2 rings (SSSR count). The maximum atomic E-state index is 11.9. The van der Waals surface area contributed by atoms with Crippen molar-refractivity contribution in [3.63, 3.8) is 0 Å². The Morgan fingerprint density at radius 1 is 0.735 bits per heavy atom. The first-order valence-electron chi connectivity index (χ1n) is 11.1. The lowest BCUT2D eigenvalue weighted by atomic mass is 9.97. The molecule has 198 valence electrons. The summed E-state index contributed by atoms with van der Waals surface area (Å²) in [6.07, 6.45) is -14.0. The second kappa shape index (κ2) is 13.6. The van der Waals surface area contributed by atoms with E-state index in [9.17, 15) is 45.3 Å². The van der Waals surface area contributed by atoms with Crippen molar-refractivity contribution in [2.45, 2.75) is 99.9 Å². The average Bonchev–Trinajstić information content (AvgIpc) is 2.80. The molecule has 2 aliphatic heterocycles. The van der Waals surface area contributed by atoms with Gasteiger partial charge in [-0.05, 0) is 12.8 Å². The van der Waals surface area contributed by atoms with Gasteiger partial charge in [0, 0.05) is 12.8 Å². The number of carboxylic acid groups (broad SMARTS) is 1. The summed E-state index contributed by atoms with van der Waals surface area (Å²) in [7, 11) is 0. The Hall–Kier alpha value is -1.46. The normalized spacial score (nSPS) is 38.4. The van der Waals surface area contributed by atoms with Crippen molar-refractivity contribution in [1.29, 1.82) is 0 Å². The summed E-state index contributed by atoms with van der Waals surface area (Å²) in [5.41, 5.74) is 0. The number of esters is 1. The van der Waals surface area contributed by atoms with Crippen molar-refractivity contribution in [3.8, 4) is 0 Å². The Morgan fingerprint density at radius 2 is 1.38 bits per heavy atom. The zero-order valence-corrected chi connectivity index (χ0v) is 18.5. The molecule has 0 aromatic heterocycles. The number of carbonyl (C=O) groups is 2. The van der Waals surface area contributed by atoms with Crippen molar-refractivity contribution in [2.24, 2.45) is 0 Å². The molecule has 0 aromatic rings. The van der Waals surface area contributed by atoms with E-state index in [-0.39, 0.29) is 12.8 Å². The number of unbranched alkanes of at least 4 members (excludes halogenated alkanes) is 3. The van der Waals surface area contributed by atoms with Gasteiger partial charge in [0.15, 0.2) is 12.6 Å². The number of carbonyl (C=O) groups excluding carboxylic acids is 1. The monoisotopic (exact) mass is 498 g/mol. The van der Waals surface area contributed by atoms with Gasteiger partial charge >= 0.3 is 11.9 Å². The molecule has 0 amide bonds. The average molecular weight is 498 g/mol. The molecule has 0 spiro atoms. The van der Waals surface area contributed by atoms with E-state index in [1.807, 2.05) is 0 Å². The van der Waals surface area contributed by atoms with E-state index in [0.29, 0.717) is 25.7 Å². The van der Waals surface area contributed by atoms with E-state index in [1.165, 1.54) is 0 Å². The van der Waals surface area contributed by atoms with E-state index in [1.54, 1.807) is 0 Å². The van der Waals surface area contributed by atoms with Crippen LogP contribution in [-0.2, 0) is 28.5 Å². The highest BCUT2D eigenvalue weighted by molar-refractivity contribution is 5.69. The van der Waals surface area contributed by atoms with Gasteiger partial charge in [-0.15, -0.1) is 0 Å². The smallest absolute Gasteiger partial charge is 0.305 e. The molecule has 10 atom stereocenters. The topological polar surface area (TPSA) is 233 Å². The highest BCUT2D eigenvalue weighted by Gasteiger charge is 2.50. The maximum absolute atomic E-state index is 11.9. The van der Waals surface area contributed by atoms with Gasteiger partial charge in [0.2, 0.25) is 0 Å². The Morgan fingerprint density at radius 3 is 2.00 bits per heavy atom. The summed E-state index contributed by atoms with van der Waals surface area (Å²) in [5.74, 6) is -1.49. The maximum Gasteiger partial charge on any atom is 0.305 e. The molecule has 0 aliphatic carbocycles. The summed E-state index contributed by atoms with van der Waals surface area (Å²) in [6, 6.07) is 0. The Kier molecular flexibility index (Phi) is 11.5. The number of ether oxygens (including phenoxy) is 4. The van der Waals surface area contributed by atoms with Gasteiger partial charge in [0.25, 0.3) is 0 Å². The van der Waals surface area contributed by atoms with Gasteiger partial charge in [-0.1, -0.05) is 12.8 Å². The van der Waals surface area contributed by atoms with Crippen LogP contribution in [0, 0.1) is 0 Å². The van der Waals surface area contributed by atoms with Crippen molar-refractivity contribution < 1.29 is 69.4 Å². The van der Waals surface area contributed by atoms with Crippen molar-refractivity contribution in [2.75, 3.05) is 13.2 Å². The summed E-state index contributed by atoms with van der Waals surface area (Å²) in [5, 5.41) is 78.1. The summed E-state index contributed by atoms with van der Waals surface area (Å²) in [4.78, 5) is 22.4. The number of rotatable bonds is 12. The van der Waals surface area contributed by atoms with E-state index < -0.39 is 86.6 Å². The molecule has 0 bridgehead atoms. The fourth-order valence-corrected chi connectivity index (χ4v) is 3.70. The number of aliphatic hydroxyl groups is 7. The molecule has 0 aromatic carbocycles. The quantitative estimate of drug-likeness (QED) is 0.0967. The third kappa shape index (κ3) is 7.78. The highest BCUT2D eigenvalue weighted by atomic mass is 16.7. The second-order valence-corrected chi connectivity index (χ2v) is 8.34. The molecular formula is C20H34O14. The first-order valence-corrected chi connectivity index (χ1v) is 11.1. The standard InChI is InChI=1S/C20H34O14/c21-7-9-18(15(27)16(28)19(30)32-9)34-20-17(29)14(26)13(25)10(33-20)8-31-12(24)6-4-2-1-3-5-11(22)23/h9-10,13-21,25-30H,1-8H2,(H,22,23)/t9-,10-,13-,14+,15-,16-,17-,18-,19-,20+/m1/s1. The number of aliphatic hydroxyl groups excluding tert-OH is 7. The van der Waals surface area contributed by atoms with Crippen LogP contribution in [0.3, 0.4) is 0 Å². The minimum atomic E-state index is -1.80. The van der Waals surface area contributed by atoms with E-state index in [0.717, 1.165) is 0 Å². The third-order valence-electron chi connectivity index (χ3n) is 5.73. The molecule has 0 radical (unpaired) electrons. The van der Waals surface area contributed by atoms with Crippen LogP contribution in [-0.4, -0.2) is 127 Å². The zero-order chi connectivity index (χ0) is 25.4. The molecule has 0 saturated carbocycles. The molecule has 0 unspecified atom stereocenters. The van der Waals surface area contributed by atoms with Crippen LogP contribution in [0.5, 0.6) is 0 Å². The van der Waals surface area contributed by atoms with Gasteiger partial charge in [-0.3, -0.25) is 9.59 Å². The Balaban J connectivity index is 1.87. The lowest BCUT2D eigenvalue weighted by molar-refractivity contribution is -0.355. The number of aliphatic carboxylic acids is 1. The van der Waals surface area contributed by atoms with Crippen LogP contribution in [0.2, 0.25) is 0 Å². The highest BCUT2D eigenvalue weighted by Crippen LogP contribution is 2.28. The van der Waals surface area contributed by atoms with Crippen LogP contribution in [0.25, 0.3) is 0 Å². The minimum absolute atomic E-state index is 0.0466. The molecule has 2 saturated heterocycles. The third-order valence-corrected chi connectivity index (χ3v) is 5.73. The lowest BCUT2D eigenvalue weighted by Crippen LogP contribution is -2.64. The van der Waals surface area contributed by atoms with Crippen LogP contribution >= 0.6 is 0 Å². The van der Waals surface area contributed by atoms with Crippen LogP contribution in [0.15, 0.2) is 0 Å². The minimum Gasteiger partial charge on any atom is -0.481 e. The van der Waals surface area contributed by atoms with E-state index in [4.69, 9.17) is 24.1 Å². The van der Waals surface area contributed by atoms with Gasteiger partial charge in [-0.25, -0.2) is 0 Å². The van der Waals surface area contributed by atoms with Crippen molar-refractivity contribution in [1.82, 2.24) is 0 Å². The lowest BCUT2D eigenvalue weighted by Gasteiger charge is -2.45. The zero-order valence-electron chi connectivity index (χ0n) is 18.5. The summed E-state index contributed by atoms with van der Waals surface area (Å²) in [6.45, 7) is -1.21. The molecule has 2 fully saturated rings. The fourth-order valence-electron chi connectivity index (χ4n) is 3.70. The number of hydrogen-bond acceptors (Lipinski definition) is 13. The first kappa shape index (κ1) is 28.8. The van der Waals surface area contributed by atoms with Gasteiger partial charge < -0.3 is 59.8 Å². The second-order valence-electron chi connectivity index (χ2n) is 8.34. The van der Waals surface area contributed by atoms with Gasteiger partial charge in [0.05, 0.1) is 6.61 Å². The van der Waals surface area contributed by atoms with Gasteiger partial charge in [0.1, 0.15) is 55.4 Å². The summed E-state index contributed by atoms with van der Waals surface area (Å²) >= 11 is 0. The molecule has 14 heteroatoms. The van der Waals surface area contributed by atoms with Crippen molar-refractivity contribution >= 4 is 11.9 Å². The number of hydrogen-bond donors (Lipinski definition) is 8. The van der Waals surface area contributed by atoms with E-state index in [2.05, 4.69) is 0 Å². The number of carboxylic acids is 1. The predicted octanol–water partition coefficient (Wildman–Crippen LogP) is -3.42. The molecule has 8 N–H and O–H groups in total. The van der Waals surface area contributed by atoms with Crippen LogP contribution in [0.4, 0.5) is 0 Å². The van der Waals surface area contributed by atoms with Gasteiger partial charge in [-0.2, -0.15) is 0 Å². The molecule has 14 nitrogen and oxygen atoms in total. The van der Waals surface area contributed by atoms with Crippen molar-refractivity contribution in [3.05, 3.63) is 0 Å². The Labute approximate surface area is 195 Å². The van der Waals surface area contributed by atoms with Crippen LogP contribution in [0.1, 0.15) is 38.5 Å². The molecule has 2 heterocycles. The van der Waals surface area contributed by atoms with E-state index >= 15 is 0 Å². The Bertz CT molecular complexity index is 645. The largest absolute Gasteiger partial charge is 0.481 e. The first-order chi connectivity index (χ1) is 16.1. The van der Waals surface area contributed by atoms with Crippen LogP contribution < -0.4 is 0 Å².